The summed E-state index contributed by atoms with van der Waals surface area (Å²) in [5, 5.41) is 10.2. The van der Waals surface area contributed by atoms with Crippen LogP contribution in [-0.4, -0.2) is 33.2 Å². The van der Waals surface area contributed by atoms with Gasteiger partial charge in [-0.2, -0.15) is 10.1 Å². The molecule has 1 aliphatic rings. The molecule has 0 saturated carbocycles. The number of nitrogens with zero attached hydrogens (tertiary/aromatic N) is 3. The Labute approximate surface area is 171 Å². The molecule has 29 heavy (non-hydrogen) atoms. The molecule has 1 aromatic heterocycles. The molecule has 8 nitrogen and oxygen atoms in total. The number of ether oxygens (including phenoxy) is 1. The number of anilines is 2. The van der Waals surface area contributed by atoms with Gasteiger partial charge in [0.25, 0.3) is 5.91 Å². The average molecular weight is 412 g/mol. The molecule has 3 aromatic rings. The second-order valence-corrected chi connectivity index (χ2v) is 7.08. The molecule has 0 saturated heterocycles. The van der Waals surface area contributed by atoms with Gasteiger partial charge in [0.1, 0.15) is 12.1 Å². The van der Waals surface area contributed by atoms with Crippen LogP contribution in [0.25, 0.3) is 0 Å². The van der Waals surface area contributed by atoms with Crippen LogP contribution in [0.5, 0.6) is 5.75 Å². The number of benzene rings is 2. The van der Waals surface area contributed by atoms with E-state index in [0.717, 1.165) is 11.1 Å². The van der Waals surface area contributed by atoms with Crippen LogP contribution in [0.15, 0.2) is 48.8 Å². The first-order valence-electron chi connectivity index (χ1n) is 8.98. The lowest BCUT2D eigenvalue weighted by atomic mass is 10.0. The summed E-state index contributed by atoms with van der Waals surface area (Å²) >= 11 is 6.08. The Bertz CT molecular complexity index is 1080. The summed E-state index contributed by atoms with van der Waals surface area (Å²) in [5.74, 6) is 0.504. The average Bonchev–Trinajstić information content (AvgIpc) is 3.17. The minimum atomic E-state index is -0.300. The van der Waals surface area contributed by atoms with Gasteiger partial charge in [-0.15, -0.1) is 0 Å². The first-order chi connectivity index (χ1) is 14.0. The monoisotopic (exact) mass is 411 g/mol. The first-order valence-corrected chi connectivity index (χ1v) is 9.35. The molecule has 2 heterocycles. The van der Waals surface area contributed by atoms with Crippen molar-refractivity contribution >= 4 is 35.1 Å². The van der Waals surface area contributed by atoms with Gasteiger partial charge in [0.15, 0.2) is 6.61 Å². The summed E-state index contributed by atoms with van der Waals surface area (Å²) in [5.41, 5.74) is 2.38. The van der Waals surface area contributed by atoms with E-state index in [1.807, 2.05) is 25.1 Å². The summed E-state index contributed by atoms with van der Waals surface area (Å²) in [4.78, 5) is 28.2. The summed E-state index contributed by atoms with van der Waals surface area (Å²) < 4.78 is 7.29. The standard InChI is InChI=1S/C20H18ClN5O3/c1-12-5-6-14(8-16(12)21)24-19(28)10-29-15-4-2-3-13(7-15)17-9-18(27)25-20-22-11-23-26(17)20/h2-8,11,17H,9-10H2,1H3,(H,24,28)(H,22,23,25,27)/t17-/m1/s1. The van der Waals surface area contributed by atoms with E-state index < -0.39 is 0 Å². The predicted octanol–water partition coefficient (Wildman–Crippen LogP) is 3.19. The largest absolute Gasteiger partial charge is 0.484 e. The number of hydrogen-bond donors (Lipinski definition) is 2. The molecule has 148 valence electrons. The molecule has 0 bridgehead atoms. The molecule has 9 heteroatoms. The molecule has 0 fully saturated rings. The highest BCUT2D eigenvalue weighted by Gasteiger charge is 2.27. The Morgan fingerprint density at radius 3 is 3.03 bits per heavy atom. The summed E-state index contributed by atoms with van der Waals surface area (Å²) in [6, 6.07) is 12.3. The third kappa shape index (κ3) is 4.22. The SMILES string of the molecule is Cc1ccc(NC(=O)COc2cccc([C@H]3CC(=O)Nc4ncnn43)c2)cc1Cl. The molecule has 4 rings (SSSR count). The van der Waals surface area contributed by atoms with E-state index in [-0.39, 0.29) is 30.9 Å². The van der Waals surface area contributed by atoms with Crippen molar-refractivity contribution < 1.29 is 14.3 Å². The van der Waals surface area contributed by atoms with Crippen LogP contribution < -0.4 is 15.4 Å². The fourth-order valence-electron chi connectivity index (χ4n) is 3.09. The number of amides is 2. The number of carbonyl (C=O) groups is 2. The second-order valence-electron chi connectivity index (χ2n) is 6.67. The number of halogens is 1. The van der Waals surface area contributed by atoms with Crippen LogP contribution >= 0.6 is 11.6 Å². The normalized spacial score (nSPS) is 15.4. The van der Waals surface area contributed by atoms with E-state index in [1.54, 1.807) is 28.9 Å². The smallest absolute Gasteiger partial charge is 0.262 e. The van der Waals surface area contributed by atoms with Crippen LogP contribution in [0.4, 0.5) is 11.6 Å². The van der Waals surface area contributed by atoms with Crippen LogP contribution in [-0.2, 0) is 9.59 Å². The number of hydrogen-bond acceptors (Lipinski definition) is 5. The van der Waals surface area contributed by atoms with E-state index in [0.29, 0.717) is 22.4 Å². The Morgan fingerprint density at radius 1 is 1.34 bits per heavy atom. The van der Waals surface area contributed by atoms with E-state index in [2.05, 4.69) is 20.7 Å². The van der Waals surface area contributed by atoms with Crippen LogP contribution in [0.3, 0.4) is 0 Å². The maximum Gasteiger partial charge on any atom is 0.262 e. The Kier molecular flexibility index (Phi) is 5.18. The quantitative estimate of drug-likeness (QED) is 0.671. The van der Waals surface area contributed by atoms with Crippen molar-refractivity contribution in [3.05, 3.63) is 64.9 Å². The number of aryl methyl sites for hydroxylation is 1. The van der Waals surface area contributed by atoms with Gasteiger partial charge >= 0.3 is 0 Å². The third-order valence-electron chi connectivity index (χ3n) is 4.57. The lowest BCUT2D eigenvalue weighted by Crippen LogP contribution is -2.29. The number of fused-ring (bicyclic) bond motifs is 1. The fourth-order valence-corrected chi connectivity index (χ4v) is 3.27. The molecule has 1 aliphatic heterocycles. The van der Waals surface area contributed by atoms with Gasteiger partial charge in [-0.3, -0.25) is 14.9 Å². The van der Waals surface area contributed by atoms with E-state index >= 15 is 0 Å². The van der Waals surface area contributed by atoms with Gasteiger partial charge in [-0.1, -0.05) is 29.8 Å². The zero-order valence-corrected chi connectivity index (χ0v) is 16.3. The van der Waals surface area contributed by atoms with Crippen molar-refractivity contribution in [1.29, 1.82) is 0 Å². The Hall–Kier alpha value is -3.39. The van der Waals surface area contributed by atoms with Crippen molar-refractivity contribution in [2.75, 3.05) is 17.2 Å². The van der Waals surface area contributed by atoms with Crippen molar-refractivity contribution in [2.45, 2.75) is 19.4 Å². The first kappa shape index (κ1) is 18.9. The van der Waals surface area contributed by atoms with Gasteiger partial charge in [0, 0.05) is 10.7 Å². The van der Waals surface area contributed by atoms with Crippen molar-refractivity contribution in [2.24, 2.45) is 0 Å². The topological polar surface area (TPSA) is 98.1 Å². The van der Waals surface area contributed by atoms with Gasteiger partial charge in [0.2, 0.25) is 11.9 Å². The van der Waals surface area contributed by atoms with Gasteiger partial charge < -0.3 is 10.1 Å². The lowest BCUT2D eigenvalue weighted by Gasteiger charge is -2.24. The Balaban J connectivity index is 1.42. The number of rotatable bonds is 5. The molecule has 2 amide bonds. The maximum absolute atomic E-state index is 12.2. The van der Waals surface area contributed by atoms with E-state index in [9.17, 15) is 9.59 Å². The summed E-state index contributed by atoms with van der Waals surface area (Å²) in [7, 11) is 0. The predicted molar refractivity (Wildman–Crippen MR) is 108 cm³/mol. The van der Waals surface area contributed by atoms with E-state index in [4.69, 9.17) is 16.3 Å². The van der Waals surface area contributed by atoms with Gasteiger partial charge in [-0.05, 0) is 42.3 Å². The molecular weight excluding hydrogens is 394 g/mol. The maximum atomic E-state index is 12.2. The minimum absolute atomic E-state index is 0.127. The lowest BCUT2D eigenvalue weighted by molar-refractivity contribution is -0.118. The third-order valence-corrected chi connectivity index (χ3v) is 4.97. The van der Waals surface area contributed by atoms with E-state index in [1.165, 1.54) is 6.33 Å². The minimum Gasteiger partial charge on any atom is -0.484 e. The summed E-state index contributed by atoms with van der Waals surface area (Å²) in [6.07, 6.45) is 1.64. The van der Waals surface area contributed by atoms with Crippen molar-refractivity contribution in [1.82, 2.24) is 14.8 Å². The molecular formula is C20H18ClN5O3. The zero-order valence-electron chi connectivity index (χ0n) is 15.6. The van der Waals surface area contributed by atoms with Gasteiger partial charge in [-0.25, -0.2) is 4.68 Å². The molecule has 2 N–H and O–H groups in total. The van der Waals surface area contributed by atoms with Crippen LogP contribution in [0, 0.1) is 6.92 Å². The zero-order chi connectivity index (χ0) is 20.4. The number of aromatic nitrogens is 3. The van der Waals surface area contributed by atoms with Crippen LogP contribution in [0.2, 0.25) is 5.02 Å². The number of nitrogens with one attached hydrogen (secondary N) is 2. The second kappa shape index (κ2) is 7.92. The highest BCUT2D eigenvalue weighted by molar-refractivity contribution is 6.31. The van der Waals surface area contributed by atoms with Crippen molar-refractivity contribution in [3.63, 3.8) is 0 Å². The molecule has 0 radical (unpaired) electrons. The highest BCUT2D eigenvalue weighted by atomic mass is 35.5. The van der Waals surface area contributed by atoms with Crippen molar-refractivity contribution in [3.8, 4) is 5.75 Å². The molecule has 0 aliphatic carbocycles. The molecule has 0 unspecified atom stereocenters. The fraction of sp³-hybridized carbons (Fsp3) is 0.200. The van der Waals surface area contributed by atoms with Gasteiger partial charge in [0.05, 0.1) is 12.5 Å². The highest BCUT2D eigenvalue weighted by Crippen LogP contribution is 2.30. The Morgan fingerprint density at radius 2 is 2.21 bits per heavy atom. The summed E-state index contributed by atoms with van der Waals surface area (Å²) in [6.45, 7) is 1.73. The molecule has 0 spiro atoms. The number of carbonyl (C=O) groups excluding carboxylic acids is 2. The molecule has 2 aromatic carbocycles. The molecule has 1 atom stereocenters. The van der Waals surface area contributed by atoms with Crippen LogP contribution in [0.1, 0.15) is 23.6 Å².